The summed E-state index contributed by atoms with van der Waals surface area (Å²) < 4.78 is 0. The lowest BCUT2D eigenvalue weighted by molar-refractivity contribution is 0.518. The molecule has 0 aromatic carbocycles. The molecule has 3 nitrogen and oxygen atoms in total. The van der Waals surface area contributed by atoms with Crippen LogP contribution >= 0.6 is 0 Å². The Bertz CT molecular complexity index is 85.8. The quantitative estimate of drug-likeness (QED) is 0.463. The summed E-state index contributed by atoms with van der Waals surface area (Å²) in [5, 5.41) is 6.58. The van der Waals surface area contributed by atoms with Gasteiger partial charge in [0.1, 0.15) is 0 Å². The number of hydrogen-bond acceptors (Lipinski definition) is 3. The van der Waals surface area contributed by atoms with E-state index in [0.717, 1.165) is 26.1 Å². The van der Waals surface area contributed by atoms with Crippen LogP contribution in [0.4, 0.5) is 0 Å². The van der Waals surface area contributed by atoms with Gasteiger partial charge in [0.2, 0.25) is 0 Å². The van der Waals surface area contributed by atoms with Gasteiger partial charge < -0.3 is 16.4 Å². The normalized spacial score (nSPS) is 13.2. The van der Waals surface area contributed by atoms with Gasteiger partial charge >= 0.3 is 0 Å². The average molecular weight is 173 g/mol. The first-order valence-corrected chi connectivity index (χ1v) is 4.89. The Balaban J connectivity index is 2.90. The van der Waals surface area contributed by atoms with Crippen molar-refractivity contribution < 1.29 is 0 Å². The van der Waals surface area contributed by atoms with Gasteiger partial charge in [0.05, 0.1) is 0 Å². The SMILES string of the molecule is CNC(C)CCCNCCCN. The summed E-state index contributed by atoms with van der Waals surface area (Å²) >= 11 is 0. The zero-order chi connectivity index (χ0) is 9.23. The zero-order valence-electron chi connectivity index (χ0n) is 8.40. The van der Waals surface area contributed by atoms with Crippen LogP contribution in [0, 0.1) is 0 Å². The maximum Gasteiger partial charge on any atom is 0.00361 e. The minimum atomic E-state index is 0.640. The summed E-state index contributed by atoms with van der Waals surface area (Å²) in [6.07, 6.45) is 3.57. The molecular formula is C9H23N3. The van der Waals surface area contributed by atoms with Gasteiger partial charge in [-0.1, -0.05) is 0 Å². The summed E-state index contributed by atoms with van der Waals surface area (Å²) in [7, 11) is 2.01. The first-order valence-electron chi connectivity index (χ1n) is 4.89. The maximum absolute atomic E-state index is 5.36. The Morgan fingerprint density at radius 2 is 1.92 bits per heavy atom. The van der Waals surface area contributed by atoms with E-state index in [1.54, 1.807) is 0 Å². The zero-order valence-corrected chi connectivity index (χ0v) is 8.40. The number of nitrogens with one attached hydrogen (secondary N) is 2. The first kappa shape index (κ1) is 11.9. The summed E-state index contributed by atoms with van der Waals surface area (Å²) in [6, 6.07) is 0.640. The van der Waals surface area contributed by atoms with E-state index in [0.29, 0.717) is 6.04 Å². The highest BCUT2D eigenvalue weighted by atomic mass is 14.9. The molecule has 1 atom stereocenters. The minimum absolute atomic E-state index is 0.640. The van der Waals surface area contributed by atoms with Crippen molar-refractivity contribution >= 4 is 0 Å². The topological polar surface area (TPSA) is 50.1 Å². The smallest absolute Gasteiger partial charge is 0.00361 e. The minimum Gasteiger partial charge on any atom is -0.330 e. The van der Waals surface area contributed by atoms with Crippen LogP contribution in [0.3, 0.4) is 0 Å². The van der Waals surface area contributed by atoms with E-state index in [1.807, 2.05) is 7.05 Å². The van der Waals surface area contributed by atoms with Gasteiger partial charge in [0.15, 0.2) is 0 Å². The molecule has 0 radical (unpaired) electrons. The van der Waals surface area contributed by atoms with Crippen LogP contribution in [0.15, 0.2) is 0 Å². The van der Waals surface area contributed by atoms with Crippen molar-refractivity contribution in [3.63, 3.8) is 0 Å². The highest BCUT2D eigenvalue weighted by molar-refractivity contribution is 4.58. The number of rotatable bonds is 8. The fraction of sp³-hybridized carbons (Fsp3) is 1.00. The van der Waals surface area contributed by atoms with E-state index < -0.39 is 0 Å². The van der Waals surface area contributed by atoms with Crippen molar-refractivity contribution in [1.82, 2.24) is 10.6 Å². The molecule has 0 aliphatic heterocycles. The van der Waals surface area contributed by atoms with Gasteiger partial charge in [-0.15, -0.1) is 0 Å². The molecule has 0 spiro atoms. The lowest BCUT2D eigenvalue weighted by Gasteiger charge is -2.09. The van der Waals surface area contributed by atoms with Gasteiger partial charge in [-0.05, 0) is 52.9 Å². The molecule has 0 aromatic heterocycles. The molecule has 0 saturated carbocycles. The van der Waals surface area contributed by atoms with E-state index in [2.05, 4.69) is 17.6 Å². The highest BCUT2D eigenvalue weighted by Crippen LogP contribution is 1.93. The lowest BCUT2D eigenvalue weighted by atomic mass is 10.2. The molecule has 0 fully saturated rings. The number of hydrogen-bond donors (Lipinski definition) is 3. The van der Waals surface area contributed by atoms with Gasteiger partial charge in [-0.3, -0.25) is 0 Å². The molecule has 0 saturated heterocycles. The molecular weight excluding hydrogens is 150 g/mol. The van der Waals surface area contributed by atoms with Gasteiger partial charge in [0, 0.05) is 6.04 Å². The van der Waals surface area contributed by atoms with Crippen molar-refractivity contribution in [2.75, 3.05) is 26.7 Å². The van der Waals surface area contributed by atoms with Crippen LogP contribution in [0.2, 0.25) is 0 Å². The summed E-state index contributed by atoms with van der Waals surface area (Å²) in [4.78, 5) is 0. The Kier molecular flexibility index (Phi) is 8.88. The molecule has 0 rings (SSSR count). The maximum atomic E-state index is 5.36. The van der Waals surface area contributed by atoms with Gasteiger partial charge in [-0.25, -0.2) is 0 Å². The molecule has 0 heterocycles. The molecule has 0 aliphatic rings. The van der Waals surface area contributed by atoms with Crippen LogP contribution in [-0.4, -0.2) is 32.7 Å². The summed E-state index contributed by atoms with van der Waals surface area (Å²) in [5.74, 6) is 0. The van der Waals surface area contributed by atoms with Crippen LogP contribution < -0.4 is 16.4 Å². The molecule has 0 aliphatic carbocycles. The fourth-order valence-corrected chi connectivity index (χ4v) is 1.03. The van der Waals surface area contributed by atoms with Crippen LogP contribution in [-0.2, 0) is 0 Å². The fourth-order valence-electron chi connectivity index (χ4n) is 1.03. The summed E-state index contributed by atoms with van der Waals surface area (Å²) in [5.41, 5.74) is 5.36. The molecule has 0 amide bonds. The van der Waals surface area contributed by atoms with Crippen LogP contribution in [0.1, 0.15) is 26.2 Å². The highest BCUT2D eigenvalue weighted by Gasteiger charge is 1.95. The second-order valence-corrected chi connectivity index (χ2v) is 3.22. The monoisotopic (exact) mass is 173 g/mol. The van der Waals surface area contributed by atoms with Crippen molar-refractivity contribution in [2.45, 2.75) is 32.2 Å². The second kappa shape index (κ2) is 8.97. The van der Waals surface area contributed by atoms with Crippen LogP contribution in [0.5, 0.6) is 0 Å². The summed E-state index contributed by atoms with van der Waals surface area (Å²) in [6.45, 7) is 5.18. The van der Waals surface area contributed by atoms with Crippen LogP contribution in [0.25, 0.3) is 0 Å². The molecule has 12 heavy (non-hydrogen) atoms. The van der Waals surface area contributed by atoms with Crippen molar-refractivity contribution in [1.29, 1.82) is 0 Å². The molecule has 4 N–H and O–H groups in total. The predicted molar refractivity (Wildman–Crippen MR) is 54.3 cm³/mol. The van der Waals surface area contributed by atoms with E-state index in [4.69, 9.17) is 5.73 Å². The van der Waals surface area contributed by atoms with E-state index >= 15 is 0 Å². The second-order valence-electron chi connectivity index (χ2n) is 3.22. The molecule has 0 aromatic rings. The third-order valence-corrected chi connectivity index (χ3v) is 2.04. The third kappa shape index (κ3) is 7.98. The first-order chi connectivity index (χ1) is 5.81. The van der Waals surface area contributed by atoms with Crippen molar-refractivity contribution in [2.24, 2.45) is 5.73 Å². The van der Waals surface area contributed by atoms with E-state index in [1.165, 1.54) is 12.8 Å². The lowest BCUT2D eigenvalue weighted by Crippen LogP contribution is -2.24. The Morgan fingerprint density at radius 3 is 2.50 bits per heavy atom. The standard InChI is InChI=1S/C9H23N3/c1-9(11-2)5-3-7-12-8-4-6-10/h9,11-12H,3-8,10H2,1-2H3. The largest absolute Gasteiger partial charge is 0.330 e. The van der Waals surface area contributed by atoms with E-state index in [-0.39, 0.29) is 0 Å². The molecule has 74 valence electrons. The van der Waals surface area contributed by atoms with Gasteiger partial charge in [-0.2, -0.15) is 0 Å². The van der Waals surface area contributed by atoms with E-state index in [9.17, 15) is 0 Å². The Labute approximate surface area is 76.1 Å². The number of nitrogens with two attached hydrogens (primary N) is 1. The van der Waals surface area contributed by atoms with Crippen molar-refractivity contribution in [3.8, 4) is 0 Å². The van der Waals surface area contributed by atoms with Crippen molar-refractivity contribution in [3.05, 3.63) is 0 Å². The Morgan fingerprint density at radius 1 is 1.25 bits per heavy atom. The average Bonchev–Trinajstić information content (AvgIpc) is 2.10. The Hall–Kier alpha value is -0.120. The molecule has 3 heteroatoms. The molecule has 0 bridgehead atoms. The third-order valence-electron chi connectivity index (χ3n) is 2.04. The molecule has 1 unspecified atom stereocenters. The predicted octanol–water partition coefficient (Wildman–Crippen LogP) is 0.313. The van der Waals surface area contributed by atoms with Gasteiger partial charge in [0.25, 0.3) is 0 Å².